The van der Waals surface area contributed by atoms with Gasteiger partial charge < -0.3 is 15.2 Å². The molecule has 2 aromatic carbocycles. The van der Waals surface area contributed by atoms with Gasteiger partial charge in [-0.1, -0.05) is 29.3 Å². The first-order valence-corrected chi connectivity index (χ1v) is 12.8. The summed E-state index contributed by atoms with van der Waals surface area (Å²) in [4.78, 5) is 30.8. The Kier molecular flexibility index (Phi) is 8.82. The smallest absolute Gasteiger partial charge is 0.253 e. The van der Waals surface area contributed by atoms with Crippen LogP contribution in [0.5, 0.6) is 0 Å². The van der Waals surface area contributed by atoms with Crippen molar-refractivity contribution < 1.29 is 18.4 Å². The van der Waals surface area contributed by atoms with Crippen LogP contribution in [0, 0.1) is 23.0 Å². The Morgan fingerprint density at radius 1 is 1.11 bits per heavy atom. The van der Waals surface area contributed by atoms with Crippen LogP contribution in [0.3, 0.4) is 0 Å². The molecule has 1 aliphatic rings. The molecule has 10 heteroatoms. The highest BCUT2D eigenvalue weighted by atomic mass is 35.5. The fourth-order valence-electron chi connectivity index (χ4n) is 4.42. The Labute approximate surface area is 228 Å². The van der Waals surface area contributed by atoms with E-state index in [0.717, 1.165) is 31.4 Å². The number of piperidine rings is 1. The van der Waals surface area contributed by atoms with Gasteiger partial charge in [-0.2, -0.15) is 5.26 Å². The second-order valence-electron chi connectivity index (χ2n) is 8.90. The molecule has 2 amide bonds. The average Bonchev–Trinajstić information content (AvgIpc) is 3.33. The van der Waals surface area contributed by atoms with Gasteiger partial charge in [-0.25, -0.2) is 8.78 Å². The van der Waals surface area contributed by atoms with E-state index in [2.05, 4.69) is 10.3 Å². The fourth-order valence-corrected chi connectivity index (χ4v) is 4.76. The first kappa shape index (κ1) is 27.4. The number of benzene rings is 2. The molecule has 1 saturated heterocycles. The van der Waals surface area contributed by atoms with Gasteiger partial charge in [-0.15, -0.1) is 0 Å². The number of H-pyrrole nitrogens is 1. The molecule has 1 fully saturated rings. The van der Waals surface area contributed by atoms with Crippen LogP contribution >= 0.6 is 23.2 Å². The Morgan fingerprint density at radius 2 is 1.87 bits per heavy atom. The van der Waals surface area contributed by atoms with E-state index in [-0.39, 0.29) is 39.1 Å². The van der Waals surface area contributed by atoms with Crippen LogP contribution in [0.4, 0.5) is 8.78 Å². The molecule has 2 N–H and O–H groups in total. The van der Waals surface area contributed by atoms with Crippen molar-refractivity contribution in [3.8, 4) is 17.2 Å². The SMILES string of the molecule is N#CC[C@H](NC(=O)c1c[nH]c(/C=C/C(=O)N2CCCCC2)c1-c1ccc(Cl)cc1F)c1ccc(F)c(Cl)c1. The van der Waals surface area contributed by atoms with Gasteiger partial charge in [0.1, 0.15) is 11.6 Å². The fraction of sp³-hybridized carbons (Fsp3) is 0.250. The molecule has 0 unspecified atom stereocenters. The summed E-state index contributed by atoms with van der Waals surface area (Å²) in [5.41, 5.74) is 1.21. The molecule has 1 aliphatic heterocycles. The van der Waals surface area contributed by atoms with E-state index < -0.39 is 23.6 Å². The second-order valence-corrected chi connectivity index (χ2v) is 9.74. The number of likely N-dealkylation sites (tertiary alicyclic amines) is 1. The molecule has 4 rings (SSSR count). The summed E-state index contributed by atoms with van der Waals surface area (Å²) < 4.78 is 28.7. The van der Waals surface area contributed by atoms with Gasteiger partial charge in [0.15, 0.2) is 0 Å². The number of aromatic amines is 1. The van der Waals surface area contributed by atoms with Crippen LogP contribution in [0.1, 0.15) is 53.3 Å². The number of halogens is 4. The van der Waals surface area contributed by atoms with Crippen molar-refractivity contribution >= 4 is 41.1 Å². The van der Waals surface area contributed by atoms with Gasteiger partial charge in [0.2, 0.25) is 5.91 Å². The molecule has 0 saturated carbocycles. The molecular weight excluding hydrogens is 533 g/mol. The van der Waals surface area contributed by atoms with E-state index in [9.17, 15) is 19.2 Å². The number of carbonyl (C=O) groups is 2. The monoisotopic (exact) mass is 556 g/mol. The molecule has 38 heavy (non-hydrogen) atoms. The Balaban J connectivity index is 1.69. The zero-order chi connectivity index (χ0) is 27.2. The van der Waals surface area contributed by atoms with E-state index in [4.69, 9.17) is 23.2 Å². The lowest BCUT2D eigenvalue weighted by atomic mass is 9.98. The molecule has 0 aliphatic carbocycles. The van der Waals surface area contributed by atoms with Gasteiger partial charge >= 0.3 is 0 Å². The lowest BCUT2D eigenvalue weighted by Gasteiger charge is -2.25. The molecule has 0 spiro atoms. The van der Waals surface area contributed by atoms with Crippen molar-refractivity contribution in [1.29, 1.82) is 5.26 Å². The third-order valence-corrected chi connectivity index (χ3v) is 6.89. The number of rotatable bonds is 7. The molecule has 0 bridgehead atoms. The van der Waals surface area contributed by atoms with Gasteiger partial charge in [0, 0.05) is 47.2 Å². The number of aromatic nitrogens is 1. The molecule has 3 aromatic rings. The van der Waals surface area contributed by atoms with Crippen molar-refractivity contribution in [2.45, 2.75) is 31.7 Å². The molecule has 6 nitrogen and oxygen atoms in total. The minimum absolute atomic E-state index is 0.0902. The second kappa shape index (κ2) is 12.2. The number of carbonyl (C=O) groups excluding carboxylic acids is 2. The maximum Gasteiger partial charge on any atom is 0.253 e. The van der Waals surface area contributed by atoms with Crippen LogP contribution in [0.2, 0.25) is 10.0 Å². The molecular formula is C28H24Cl2F2N4O2. The number of nitrogens with zero attached hydrogens (tertiary/aromatic N) is 2. The van der Waals surface area contributed by atoms with Gasteiger partial charge in [-0.05, 0) is 61.2 Å². The summed E-state index contributed by atoms with van der Waals surface area (Å²) >= 11 is 11.8. The van der Waals surface area contributed by atoms with Gasteiger partial charge in [0.05, 0.1) is 29.1 Å². The number of nitrogens with one attached hydrogen (secondary N) is 2. The van der Waals surface area contributed by atoms with E-state index in [1.807, 2.05) is 6.07 Å². The van der Waals surface area contributed by atoms with Crippen LogP contribution in [-0.4, -0.2) is 34.8 Å². The molecule has 0 radical (unpaired) electrons. The first-order chi connectivity index (χ1) is 18.3. The molecule has 1 atom stereocenters. The standard InChI is InChI=1S/C28H24Cl2F2N4O2/c29-18-5-6-19(23(32)15-18)27-20(16-34-25(27)8-9-26(37)36-12-2-1-3-13-36)28(38)35-24(10-11-33)17-4-7-22(31)21(30)14-17/h4-9,14-16,24,34H,1-3,10,12-13H2,(H,35,38)/b9-8+/t24-/m0/s1. The summed E-state index contributed by atoms with van der Waals surface area (Å²) in [5, 5.41) is 12.1. The summed E-state index contributed by atoms with van der Waals surface area (Å²) in [7, 11) is 0. The number of amides is 2. The maximum absolute atomic E-state index is 15.0. The van der Waals surface area contributed by atoms with Crippen LogP contribution in [0.25, 0.3) is 17.2 Å². The van der Waals surface area contributed by atoms with E-state index in [1.165, 1.54) is 42.6 Å². The average molecular weight is 557 g/mol. The first-order valence-electron chi connectivity index (χ1n) is 12.0. The largest absolute Gasteiger partial charge is 0.360 e. The van der Waals surface area contributed by atoms with Crippen molar-refractivity contribution in [3.63, 3.8) is 0 Å². The zero-order valence-corrected chi connectivity index (χ0v) is 21.8. The molecule has 196 valence electrons. The van der Waals surface area contributed by atoms with E-state index in [0.29, 0.717) is 24.3 Å². The summed E-state index contributed by atoms with van der Waals surface area (Å²) in [5.74, 6) is -2.05. The van der Waals surface area contributed by atoms with Crippen molar-refractivity contribution in [2.75, 3.05) is 13.1 Å². The van der Waals surface area contributed by atoms with Gasteiger partial charge in [0.25, 0.3) is 5.91 Å². The lowest BCUT2D eigenvalue weighted by molar-refractivity contribution is -0.126. The minimum Gasteiger partial charge on any atom is -0.360 e. The topological polar surface area (TPSA) is 89.0 Å². The summed E-state index contributed by atoms with van der Waals surface area (Å²) in [6, 6.07) is 9.22. The third-order valence-electron chi connectivity index (χ3n) is 6.36. The number of nitriles is 1. The highest BCUT2D eigenvalue weighted by Gasteiger charge is 2.24. The van der Waals surface area contributed by atoms with Crippen molar-refractivity contribution in [1.82, 2.24) is 15.2 Å². The predicted octanol–water partition coefficient (Wildman–Crippen LogP) is 6.68. The minimum atomic E-state index is -0.803. The van der Waals surface area contributed by atoms with E-state index in [1.54, 1.807) is 4.90 Å². The van der Waals surface area contributed by atoms with Crippen molar-refractivity contribution in [2.24, 2.45) is 0 Å². The molecule has 2 heterocycles. The third kappa shape index (κ3) is 6.24. The maximum atomic E-state index is 15.0. The van der Waals surface area contributed by atoms with Gasteiger partial charge in [-0.3, -0.25) is 9.59 Å². The van der Waals surface area contributed by atoms with Crippen molar-refractivity contribution in [3.05, 3.63) is 87.2 Å². The number of hydrogen-bond acceptors (Lipinski definition) is 3. The van der Waals surface area contributed by atoms with E-state index >= 15 is 4.39 Å². The predicted molar refractivity (Wildman–Crippen MR) is 143 cm³/mol. The normalized spacial score (nSPS) is 14.3. The summed E-state index contributed by atoms with van der Waals surface area (Å²) in [6.45, 7) is 1.35. The Hall–Kier alpha value is -3.67. The lowest BCUT2D eigenvalue weighted by Crippen LogP contribution is -2.34. The Morgan fingerprint density at radius 3 is 2.55 bits per heavy atom. The highest BCUT2D eigenvalue weighted by Crippen LogP contribution is 2.33. The zero-order valence-electron chi connectivity index (χ0n) is 20.2. The molecule has 1 aromatic heterocycles. The quantitative estimate of drug-likeness (QED) is 0.318. The van der Waals surface area contributed by atoms with Crippen LogP contribution in [0.15, 0.2) is 48.7 Å². The van der Waals surface area contributed by atoms with Crippen LogP contribution < -0.4 is 5.32 Å². The number of hydrogen-bond donors (Lipinski definition) is 2. The Bertz CT molecular complexity index is 1420. The van der Waals surface area contributed by atoms with Crippen LogP contribution in [-0.2, 0) is 4.79 Å². The summed E-state index contributed by atoms with van der Waals surface area (Å²) in [6.07, 6.45) is 7.18. The highest BCUT2D eigenvalue weighted by molar-refractivity contribution is 6.31.